The van der Waals surface area contributed by atoms with Crippen molar-refractivity contribution in [1.29, 1.82) is 0 Å². The molecule has 20 heavy (non-hydrogen) atoms. The van der Waals surface area contributed by atoms with E-state index >= 15 is 0 Å². The summed E-state index contributed by atoms with van der Waals surface area (Å²) in [5.74, 6) is 0.916. The van der Waals surface area contributed by atoms with Crippen LogP contribution in [0.15, 0.2) is 0 Å². The molecule has 1 aromatic rings. The van der Waals surface area contributed by atoms with Gasteiger partial charge in [-0.05, 0) is 32.6 Å². The standard InChI is InChI=1S/C13H23N5O2/c1-3-8-20-12-17-10(14-4-2)16-11(18-12)15-9-13(19)6-5-7-13/h19H,3-9H2,1-2H3,(H2,14,15,16,17,18). The van der Waals surface area contributed by atoms with Crippen LogP contribution in [0.5, 0.6) is 6.01 Å². The van der Waals surface area contributed by atoms with E-state index in [9.17, 15) is 5.11 Å². The summed E-state index contributed by atoms with van der Waals surface area (Å²) in [4.78, 5) is 12.6. The van der Waals surface area contributed by atoms with Gasteiger partial charge in [0, 0.05) is 13.1 Å². The molecule has 0 aliphatic heterocycles. The third-order valence-electron chi connectivity index (χ3n) is 3.24. The van der Waals surface area contributed by atoms with Crippen LogP contribution >= 0.6 is 0 Å². The fourth-order valence-electron chi connectivity index (χ4n) is 1.94. The summed E-state index contributed by atoms with van der Waals surface area (Å²) in [7, 11) is 0. The molecular formula is C13H23N5O2. The second kappa shape index (κ2) is 6.69. The van der Waals surface area contributed by atoms with Crippen molar-refractivity contribution in [3.05, 3.63) is 0 Å². The molecule has 0 unspecified atom stereocenters. The van der Waals surface area contributed by atoms with E-state index in [1.165, 1.54) is 0 Å². The van der Waals surface area contributed by atoms with E-state index in [-0.39, 0.29) is 0 Å². The molecule has 1 heterocycles. The minimum atomic E-state index is -0.616. The lowest BCUT2D eigenvalue weighted by Crippen LogP contribution is -2.43. The van der Waals surface area contributed by atoms with Gasteiger partial charge in [-0.1, -0.05) is 6.92 Å². The Labute approximate surface area is 119 Å². The van der Waals surface area contributed by atoms with Crippen LogP contribution in [0.1, 0.15) is 39.5 Å². The summed E-state index contributed by atoms with van der Waals surface area (Å²) in [6, 6.07) is 0.306. The zero-order chi connectivity index (χ0) is 14.4. The number of aliphatic hydroxyl groups is 1. The summed E-state index contributed by atoms with van der Waals surface area (Å²) >= 11 is 0. The molecule has 0 spiro atoms. The lowest BCUT2D eigenvalue weighted by Gasteiger charge is -2.36. The summed E-state index contributed by atoms with van der Waals surface area (Å²) in [5, 5.41) is 16.2. The molecule has 0 amide bonds. The molecule has 0 aromatic carbocycles. The average molecular weight is 281 g/mol. The average Bonchev–Trinajstić information content (AvgIpc) is 2.41. The molecule has 112 valence electrons. The minimum Gasteiger partial charge on any atom is -0.463 e. The third-order valence-corrected chi connectivity index (χ3v) is 3.24. The minimum absolute atomic E-state index is 0.306. The predicted octanol–water partition coefficient (Wildman–Crippen LogP) is 1.42. The number of nitrogens with one attached hydrogen (secondary N) is 2. The van der Waals surface area contributed by atoms with Gasteiger partial charge in [0.25, 0.3) is 0 Å². The smallest absolute Gasteiger partial charge is 0.323 e. The fraction of sp³-hybridized carbons (Fsp3) is 0.769. The first-order valence-corrected chi connectivity index (χ1v) is 7.24. The van der Waals surface area contributed by atoms with Crippen molar-refractivity contribution in [1.82, 2.24) is 15.0 Å². The molecule has 0 bridgehead atoms. The van der Waals surface area contributed by atoms with Gasteiger partial charge < -0.3 is 20.5 Å². The van der Waals surface area contributed by atoms with E-state index in [2.05, 4.69) is 25.6 Å². The first kappa shape index (κ1) is 14.8. The van der Waals surface area contributed by atoms with Crippen molar-refractivity contribution in [2.24, 2.45) is 0 Å². The van der Waals surface area contributed by atoms with E-state index in [1.807, 2.05) is 13.8 Å². The summed E-state index contributed by atoms with van der Waals surface area (Å²) < 4.78 is 5.45. The van der Waals surface area contributed by atoms with Gasteiger partial charge in [-0.3, -0.25) is 0 Å². The zero-order valence-corrected chi connectivity index (χ0v) is 12.1. The first-order valence-electron chi connectivity index (χ1n) is 7.24. The van der Waals surface area contributed by atoms with Gasteiger partial charge in [-0.15, -0.1) is 0 Å². The van der Waals surface area contributed by atoms with Crippen molar-refractivity contribution in [2.45, 2.75) is 45.1 Å². The molecule has 1 fully saturated rings. The number of hydrogen-bond acceptors (Lipinski definition) is 7. The van der Waals surface area contributed by atoms with Crippen molar-refractivity contribution >= 4 is 11.9 Å². The van der Waals surface area contributed by atoms with Crippen molar-refractivity contribution in [2.75, 3.05) is 30.3 Å². The molecule has 1 aliphatic carbocycles. The molecule has 0 saturated heterocycles. The Morgan fingerprint density at radius 2 is 1.85 bits per heavy atom. The summed E-state index contributed by atoms with van der Waals surface area (Å²) in [6.07, 6.45) is 3.61. The largest absolute Gasteiger partial charge is 0.463 e. The van der Waals surface area contributed by atoms with Gasteiger partial charge in [-0.25, -0.2) is 0 Å². The Kier molecular flexibility index (Phi) is 4.94. The van der Waals surface area contributed by atoms with E-state index in [1.54, 1.807) is 0 Å². The maximum absolute atomic E-state index is 10.1. The van der Waals surface area contributed by atoms with E-state index in [4.69, 9.17) is 4.74 Å². The highest BCUT2D eigenvalue weighted by atomic mass is 16.5. The van der Waals surface area contributed by atoms with Crippen LogP contribution in [0, 0.1) is 0 Å². The van der Waals surface area contributed by atoms with Crippen LogP contribution in [0.2, 0.25) is 0 Å². The molecule has 3 N–H and O–H groups in total. The molecule has 2 rings (SSSR count). The van der Waals surface area contributed by atoms with Crippen LogP contribution < -0.4 is 15.4 Å². The second-order valence-electron chi connectivity index (χ2n) is 5.08. The van der Waals surface area contributed by atoms with Gasteiger partial charge in [0.15, 0.2) is 0 Å². The molecule has 7 nitrogen and oxygen atoms in total. The molecule has 1 aliphatic rings. The number of nitrogens with zero attached hydrogens (tertiary/aromatic N) is 3. The molecular weight excluding hydrogens is 258 g/mol. The van der Waals surface area contributed by atoms with Crippen LogP contribution in [0.25, 0.3) is 0 Å². The third kappa shape index (κ3) is 3.93. The molecule has 1 saturated carbocycles. The monoisotopic (exact) mass is 281 g/mol. The van der Waals surface area contributed by atoms with Crippen LogP contribution in [-0.2, 0) is 0 Å². The maximum atomic E-state index is 10.1. The van der Waals surface area contributed by atoms with Crippen molar-refractivity contribution in [3.63, 3.8) is 0 Å². The van der Waals surface area contributed by atoms with Crippen LogP contribution in [0.4, 0.5) is 11.9 Å². The fourth-order valence-corrected chi connectivity index (χ4v) is 1.94. The predicted molar refractivity (Wildman–Crippen MR) is 77.1 cm³/mol. The van der Waals surface area contributed by atoms with Crippen LogP contribution in [0.3, 0.4) is 0 Å². The second-order valence-corrected chi connectivity index (χ2v) is 5.08. The van der Waals surface area contributed by atoms with E-state index in [0.29, 0.717) is 31.1 Å². The lowest BCUT2D eigenvalue weighted by atomic mass is 9.80. The Balaban J connectivity index is 2.02. The Morgan fingerprint density at radius 1 is 1.15 bits per heavy atom. The molecule has 1 aromatic heterocycles. The highest BCUT2D eigenvalue weighted by molar-refractivity contribution is 5.36. The van der Waals surface area contributed by atoms with Crippen molar-refractivity contribution in [3.8, 4) is 6.01 Å². The van der Waals surface area contributed by atoms with Gasteiger partial charge in [0.05, 0.1) is 12.2 Å². The first-order chi connectivity index (χ1) is 9.65. The Bertz CT molecular complexity index is 437. The SMILES string of the molecule is CCCOc1nc(NCC)nc(NCC2(O)CCC2)n1. The van der Waals surface area contributed by atoms with Gasteiger partial charge >= 0.3 is 6.01 Å². The van der Waals surface area contributed by atoms with Gasteiger partial charge in [-0.2, -0.15) is 15.0 Å². The Hall–Kier alpha value is -1.63. The van der Waals surface area contributed by atoms with Crippen molar-refractivity contribution < 1.29 is 9.84 Å². The summed E-state index contributed by atoms with van der Waals surface area (Å²) in [5.41, 5.74) is -0.616. The quantitative estimate of drug-likeness (QED) is 0.663. The maximum Gasteiger partial charge on any atom is 0.323 e. The highest BCUT2D eigenvalue weighted by Gasteiger charge is 2.34. The zero-order valence-electron chi connectivity index (χ0n) is 12.1. The normalized spacial score (nSPS) is 16.4. The number of rotatable bonds is 8. The van der Waals surface area contributed by atoms with E-state index < -0.39 is 5.60 Å². The van der Waals surface area contributed by atoms with Gasteiger partial charge in [0.1, 0.15) is 0 Å². The number of hydrogen-bond donors (Lipinski definition) is 3. The number of anilines is 2. The summed E-state index contributed by atoms with van der Waals surface area (Å²) in [6.45, 7) is 5.74. The van der Waals surface area contributed by atoms with E-state index in [0.717, 1.165) is 32.2 Å². The molecule has 7 heteroatoms. The molecule has 0 atom stereocenters. The topological polar surface area (TPSA) is 92.2 Å². The van der Waals surface area contributed by atoms with Crippen LogP contribution in [-0.4, -0.2) is 45.4 Å². The molecule has 0 radical (unpaired) electrons. The number of aromatic nitrogens is 3. The Morgan fingerprint density at radius 3 is 2.40 bits per heavy atom. The lowest BCUT2D eigenvalue weighted by molar-refractivity contribution is -0.0203. The highest BCUT2D eigenvalue weighted by Crippen LogP contribution is 2.31. The number of ether oxygens (including phenoxy) is 1. The van der Waals surface area contributed by atoms with Gasteiger partial charge in [0.2, 0.25) is 11.9 Å².